The molecule has 21 heavy (non-hydrogen) atoms. The van der Waals surface area contributed by atoms with Crippen molar-refractivity contribution in [2.45, 2.75) is 6.36 Å². The third-order valence-corrected chi connectivity index (χ3v) is 2.55. The van der Waals surface area contributed by atoms with Gasteiger partial charge in [-0.15, -0.1) is 19.6 Å². The van der Waals surface area contributed by atoms with Crippen molar-refractivity contribution in [2.24, 2.45) is 0 Å². The summed E-state index contributed by atoms with van der Waals surface area (Å²) in [5, 5.41) is 0. The summed E-state index contributed by atoms with van der Waals surface area (Å²) in [7, 11) is 0. The fourth-order valence-electron chi connectivity index (χ4n) is 1.75. The van der Waals surface area contributed by atoms with Gasteiger partial charge in [0.25, 0.3) is 0 Å². The Balaban J connectivity index is 2.53. The average molecular weight is 298 g/mol. The third-order valence-electron chi connectivity index (χ3n) is 2.55. The second-order valence-corrected chi connectivity index (χ2v) is 4.06. The van der Waals surface area contributed by atoms with E-state index in [9.17, 15) is 22.0 Å². The number of hydrogen-bond acceptors (Lipinski definition) is 1. The summed E-state index contributed by atoms with van der Waals surface area (Å²) < 4.78 is 67.1. The summed E-state index contributed by atoms with van der Waals surface area (Å²) in [4.78, 5) is 0. The summed E-state index contributed by atoms with van der Waals surface area (Å²) in [5.41, 5.74) is 0.0539. The fraction of sp³-hybridized carbons (Fsp3) is 0.0667. The van der Waals surface area contributed by atoms with Crippen molar-refractivity contribution in [1.29, 1.82) is 0 Å². The minimum atomic E-state index is -4.90. The van der Waals surface area contributed by atoms with Crippen LogP contribution in [-0.2, 0) is 0 Å². The molecule has 0 amide bonds. The molecule has 2 rings (SSSR count). The third kappa shape index (κ3) is 3.72. The predicted molar refractivity (Wildman–Crippen MR) is 66.4 cm³/mol. The number of alkyl halides is 3. The first-order chi connectivity index (χ1) is 9.78. The minimum Gasteiger partial charge on any atom is -0.406 e. The number of halogens is 5. The molecule has 0 saturated heterocycles. The normalized spacial score (nSPS) is 11.0. The van der Waals surface area contributed by atoms with Crippen LogP contribution in [0, 0.1) is 24.0 Å². The number of terminal acetylenes is 1. The van der Waals surface area contributed by atoms with E-state index in [-0.39, 0.29) is 16.7 Å². The second kappa shape index (κ2) is 5.44. The predicted octanol–water partition coefficient (Wildman–Crippen LogP) is 4.51. The molecule has 0 heterocycles. The van der Waals surface area contributed by atoms with Crippen LogP contribution in [0.3, 0.4) is 0 Å². The number of benzene rings is 2. The van der Waals surface area contributed by atoms with E-state index in [4.69, 9.17) is 6.42 Å². The monoisotopic (exact) mass is 298 g/mol. The van der Waals surface area contributed by atoms with Crippen LogP contribution in [0.2, 0.25) is 0 Å². The average Bonchev–Trinajstić information content (AvgIpc) is 2.36. The molecule has 0 atom stereocenters. The van der Waals surface area contributed by atoms with E-state index in [2.05, 4.69) is 10.7 Å². The van der Waals surface area contributed by atoms with Crippen LogP contribution in [0.25, 0.3) is 11.1 Å². The Morgan fingerprint density at radius 1 is 1.00 bits per heavy atom. The van der Waals surface area contributed by atoms with E-state index in [0.717, 1.165) is 24.3 Å². The first-order valence-corrected chi connectivity index (χ1v) is 5.61. The van der Waals surface area contributed by atoms with Crippen molar-refractivity contribution in [3.63, 3.8) is 0 Å². The summed E-state index contributed by atoms with van der Waals surface area (Å²) in [6, 6.07) is 6.01. The standard InChI is InChI=1S/C15H7F5O/c1-2-9-5-10(7-12(6-9)21-15(18,19)20)13-4-3-11(16)8-14(13)17/h1,3-8H. The van der Waals surface area contributed by atoms with Crippen LogP contribution >= 0.6 is 0 Å². The van der Waals surface area contributed by atoms with E-state index < -0.39 is 23.7 Å². The van der Waals surface area contributed by atoms with Crippen molar-refractivity contribution in [3.05, 3.63) is 53.6 Å². The van der Waals surface area contributed by atoms with Gasteiger partial charge < -0.3 is 4.74 Å². The number of ether oxygens (including phenoxy) is 1. The molecule has 0 unspecified atom stereocenters. The highest BCUT2D eigenvalue weighted by Crippen LogP contribution is 2.31. The Morgan fingerprint density at radius 3 is 2.29 bits per heavy atom. The van der Waals surface area contributed by atoms with Crippen molar-refractivity contribution in [3.8, 4) is 29.2 Å². The maximum atomic E-state index is 13.7. The molecule has 108 valence electrons. The highest BCUT2D eigenvalue weighted by molar-refractivity contribution is 5.68. The number of hydrogen-bond donors (Lipinski definition) is 0. The van der Waals surface area contributed by atoms with Gasteiger partial charge in [-0.25, -0.2) is 8.78 Å². The summed E-state index contributed by atoms with van der Waals surface area (Å²) in [6.07, 6.45) is 0.254. The Kier molecular flexibility index (Phi) is 3.85. The van der Waals surface area contributed by atoms with Gasteiger partial charge in [0, 0.05) is 17.2 Å². The van der Waals surface area contributed by atoms with Gasteiger partial charge in [0.05, 0.1) is 0 Å². The highest BCUT2D eigenvalue weighted by Gasteiger charge is 2.31. The molecule has 0 bridgehead atoms. The van der Waals surface area contributed by atoms with E-state index in [0.29, 0.717) is 6.07 Å². The molecule has 0 N–H and O–H groups in total. The summed E-state index contributed by atoms with van der Waals surface area (Å²) >= 11 is 0. The van der Waals surface area contributed by atoms with Gasteiger partial charge in [0.15, 0.2) is 0 Å². The van der Waals surface area contributed by atoms with Gasteiger partial charge >= 0.3 is 6.36 Å². The quantitative estimate of drug-likeness (QED) is 0.585. The first kappa shape index (κ1) is 14.9. The van der Waals surface area contributed by atoms with Crippen molar-refractivity contribution < 1.29 is 26.7 Å². The van der Waals surface area contributed by atoms with Crippen LogP contribution in [-0.4, -0.2) is 6.36 Å². The Labute approximate surface area is 117 Å². The van der Waals surface area contributed by atoms with Crippen LogP contribution in [0.4, 0.5) is 22.0 Å². The molecule has 2 aromatic rings. The molecular formula is C15H7F5O. The summed E-state index contributed by atoms with van der Waals surface area (Å²) in [5.74, 6) is -0.132. The molecule has 0 radical (unpaired) electrons. The lowest BCUT2D eigenvalue weighted by Gasteiger charge is -2.11. The van der Waals surface area contributed by atoms with E-state index in [1.54, 1.807) is 0 Å². The second-order valence-electron chi connectivity index (χ2n) is 4.06. The topological polar surface area (TPSA) is 9.23 Å². The van der Waals surface area contributed by atoms with Crippen LogP contribution in [0.5, 0.6) is 5.75 Å². The zero-order valence-corrected chi connectivity index (χ0v) is 10.3. The number of rotatable bonds is 2. The van der Waals surface area contributed by atoms with Gasteiger partial charge in [0.1, 0.15) is 17.4 Å². The van der Waals surface area contributed by atoms with E-state index in [1.807, 2.05) is 0 Å². The molecule has 2 aromatic carbocycles. The zero-order chi connectivity index (χ0) is 15.6. The Morgan fingerprint density at radius 2 is 1.71 bits per heavy atom. The van der Waals surface area contributed by atoms with Crippen LogP contribution < -0.4 is 4.74 Å². The maximum Gasteiger partial charge on any atom is 0.573 e. The van der Waals surface area contributed by atoms with E-state index in [1.165, 1.54) is 6.07 Å². The highest BCUT2D eigenvalue weighted by atomic mass is 19.4. The van der Waals surface area contributed by atoms with Gasteiger partial charge in [-0.1, -0.05) is 5.92 Å². The van der Waals surface area contributed by atoms with Crippen LogP contribution in [0.15, 0.2) is 36.4 Å². The largest absolute Gasteiger partial charge is 0.573 e. The molecule has 0 saturated carbocycles. The lowest BCUT2D eigenvalue weighted by atomic mass is 10.0. The van der Waals surface area contributed by atoms with Crippen molar-refractivity contribution in [2.75, 3.05) is 0 Å². The van der Waals surface area contributed by atoms with Gasteiger partial charge in [-0.3, -0.25) is 0 Å². The first-order valence-electron chi connectivity index (χ1n) is 5.61. The van der Waals surface area contributed by atoms with E-state index >= 15 is 0 Å². The molecule has 1 nitrogen and oxygen atoms in total. The smallest absolute Gasteiger partial charge is 0.406 e. The molecule has 0 aliphatic heterocycles. The van der Waals surface area contributed by atoms with Gasteiger partial charge in [0.2, 0.25) is 0 Å². The minimum absolute atomic E-state index is 0.0576. The van der Waals surface area contributed by atoms with Crippen molar-refractivity contribution >= 4 is 0 Å². The van der Waals surface area contributed by atoms with Crippen molar-refractivity contribution in [1.82, 2.24) is 0 Å². The molecule has 0 aliphatic carbocycles. The van der Waals surface area contributed by atoms with Crippen LogP contribution in [0.1, 0.15) is 5.56 Å². The molecule has 0 spiro atoms. The lowest BCUT2D eigenvalue weighted by Crippen LogP contribution is -2.17. The molecule has 6 heteroatoms. The fourth-order valence-corrected chi connectivity index (χ4v) is 1.75. The SMILES string of the molecule is C#Cc1cc(OC(F)(F)F)cc(-c2ccc(F)cc2F)c1. The molecule has 0 fully saturated rings. The molecule has 0 aromatic heterocycles. The molecule has 0 aliphatic rings. The summed E-state index contributed by atoms with van der Waals surface area (Å²) in [6.45, 7) is 0. The van der Waals surface area contributed by atoms with Gasteiger partial charge in [-0.2, -0.15) is 0 Å². The van der Waals surface area contributed by atoms with Gasteiger partial charge in [-0.05, 0) is 35.9 Å². The molecular weight excluding hydrogens is 291 g/mol. The maximum absolute atomic E-state index is 13.7. The Hall–Kier alpha value is -2.55. The lowest BCUT2D eigenvalue weighted by molar-refractivity contribution is -0.274. The zero-order valence-electron chi connectivity index (χ0n) is 10.3. The Bertz CT molecular complexity index is 713.